The molecule has 0 N–H and O–H groups in total. The van der Waals surface area contributed by atoms with Crippen molar-refractivity contribution in [1.29, 1.82) is 0 Å². The van der Waals surface area contributed by atoms with Gasteiger partial charge in [-0.25, -0.2) is 4.98 Å². The molecule has 1 unspecified atom stereocenters. The van der Waals surface area contributed by atoms with E-state index >= 15 is 0 Å². The van der Waals surface area contributed by atoms with Crippen LogP contribution in [0.5, 0.6) is 5.75 Å². The molecule has 0 saturated carbocycles. The third kappa shape index (κ3) is 3.10. The third-order valence-corrected chi connectivity index (χ3v) is 4.80. The van der Waals surface area contributed by atoms with Crippen LogP contribution in [-0.2, 0) is 11.4 Å². The lowest BCUT2D eigenvalue weighted by Crippen LogP contribution is -2.45. The number of aromatic nitrogens is 1. The first kappa shape index (κ1) is 16.8. The molecule has 134 valence electrons. The Balaban J connectivity index is 1.45. The van der Waals surface area contributed by atoms with E-state index in [0.717, 1.165) is 23.3 Å². The van der Waals surface area contributed by atoms with Gasteiger partial charge in [0.25, 0.3) is 0 Å². The highest BCUT2D eigenvalue weighted by molar-refractivity contribution is 6.30. The molecule has 4 rings (SSSR count). The largest absolute Gasteiger partial charge is 0.487 e. The Labute approximate surface area is 155 Å². The highest BCUT2D eigenvalue weighted by Gasteiger charge is 2.55. The first-order valence-electron chi connectivity index (χ1n) is 8.52. The fourth-order valence-electron chi connectivity index (χ4n) is 3.17. The van der Waals surface area contributed by atoms with Crippen LogP contribution in [0, 0.1) is 4.91 Å². The van der Waals surface area contributed by atoms with E-state index in [0.29, 0.717) is 36.2 Å². The molecule has 1 aromatic carbocycles. The topological polar surface area (TPSA) is 65.8 Å². The lowest BCUT2D eigenvalue weighted by atomic mass is 10.2. The van der Waals surface area contributed by atoms with Crippen LogP contribution < -0.4 is 4.74 Å². The maximum Gasteiger partial charge on any atom is 0.356 e. The molecule has 7 nitrogen and oxygen atoms in total. The summed E-state index contributed by atoms with van der Waals surface area (Å²) >= 11 is 5.86. The summed E-state index contributed by atoms with van der Waals surface area (Å²) in [6, 6.07) is 9.87. The summed E-state index contributed by atoms with van der Waals surface area (Å²) in [6.45, 7) is 1.53. The molecule has 2 aliphatic heterocycles. The molecule has 0 bridgehead atoms. The van der Waals surface area contributed by atoms with Crippen molar-refractivity contribution in [2.75, 3.05) is 13.1 Å². The number of hydrogen-bond acceptors (Lipinski definition) is 4. The van der Waals surface area contributed by atoms with E-state index in [1.807, 2.05) is 12.1 Å². The summed E-state index contributed by atoms with van der Waals surface area (Å²) in [5.41, 5.74) is 1.41. The average Bonchev–Trinajstić information content (AvgIpc) is 2.93. The minimum absolute atomic E-state index is 0.220. The normalized spacial score (nSPS) is 19.7. The van der Waals surface area contributed by atoms with E-state index in [2.05, 4.69) is 4.98 Å². The quantitative estimate of drug-likeness (QED) is 0.771. The number of benzene rings is 1. The highest BCUT2D eigenvalue weighted by atomic mass is 35.5. The number of nitroso groups, excluding NO2 is 1. The summed E-state index contributed by atoms with van der Waals surface area (Å²) in [4.78, 5) is 30.0. The number of hydrogen-bond donors (Lipinski definition) is 0. The Morgan fingerprint density at radius 3 is 2.62 bits per heavy atom. The van der Waals surface area contributed by atoms with Crippen molar-refractivity contribution in [1.82, 2.24) is 15.1 Å². The van der Waals surface area contributed by atoms with Gasteiger partial charge in [-0.1, -0.05) is 23.7 Å². The van der Waals surface area contributed by atoms with Gasteiger partial charge < -0.3 is 4.74 Å². The highest BCUT2D eigenvalue weighted by Crippen LogP contribution is 2.30. The van der Waals surface area contributed by atoms with Crippen LogP contribution in [0.3, 0.4) is 0 Å². The SMILES string of the molecule is O=C1C(c2ccc(OCc3ccc(Cl)cc3)cn2)[N+](=O)N2CCCCN12. The van der Waals surface area contributed by atoms with E-state index in [4.69, 9.17) is 16.3 Å². The van der Waals surface area contributed by atoms with Crippen molar-refractivity contribution < 1.29 is 14.4 Å². The Kier molecular flexibility index (Phi) is 4.46. The molecule has 8 heteroatoms. The van der Waals surface area contributed by atoms with Gasteiger partial charge >= 0.3 is 11.9 Å². The number of fused-ring (bicyclic) bond motifs is 1. The van der Waals surface area contributed by atoms with E-state index in [1.54, 1.807) is 30.5 Å². The predicted octanol–water partition coefficient (Wildman–Crippen LogP) is 2.90. The maximum atomic E-state index is 12.5. The molecular formula is C18H18ClN4O3+. The molecule has 26 heavy (non-hydrogen) atoms. The van der Waals surface area contributed by atoms with Gasteiger partial charge in [-0.15, -0.1) is 0 Å². The van der Waals surface area contributed by atoms with E-state index in [9.17, 15) is 9.70 Å². The number of rotatable bonds is 4. The van der Waals surface area contributed by atoms with E-state index in [-0.39, 0.29) is 5.91 Å². The summed E-state index contributed by atoms with van der Waals surface area (Å²) in [5.74, 6) is 0.353. The standard InChI is InChI=1S/C18H18ClN4O3/c19-14-5-3-13(4-6-14)12-26-15-7-8-16(20-11-15)17-18(24)21-9-1-2-10-22(21)23(17)25/h3-8,11,17H,1-2,9-10,12H2/q+1. The molecule has 1 aromatic heterocycles. The zero-order chi connectivity index (χ0) is 18.1. The minimum Gasteiger partial charge on any atom is -0.487 e. The molecule has 0 spiro atoms. The summed E-state index contributed by atoms with van der Waals surface area (Å²) in [5, 5.41) is 3.67. The summed E-state index contributed by atoms with van der Waals surface area (Å²) < 4.78 is 5.69. The second-order valence-corrected chi connectivity index (χ2v) is 6.74. The molecule has 2 aromatic rings. The van der Waals surface area contributed by atoms with Gasteiger partial charge in [0.1, 0.15) is 24.6 Å². The van der Waals surface area contributed by atoms with Crippen LogP contribution in [0.15, 0.2) is 42.6 Å². The van der Waals surface area contributed by atoms with Crippen LogP contribution in [-0.4, -0.2) is 39.0 Å². The molecule has 2 saturated heterocycles. The van der Waals surface area contributed by atoms with Crippen LogP contribution in [0.2, 0.25) is 5.02 Å². The number of amides is 1. The van der Waals surface area contributed by atoms with E-state index in [1.165, 1.54) is 10.1 Å². The smallest absolute Gasteiger partial charge is 0.356 e. The zero-order valence-electron chi connectivity index (χ0n) is 14.0. The van der Waals surface area contributed by atoms with Crippen molar-refractivity contribution >= 4 is 17.5 Å². The van der Waals surface area contributed by atoms with Gasteiger partial charge in [0.05, 0.1) is 11.1 Å². The van der Waals surface area contributed by atoms with Gasteiger partial charge in [-0.05, 0) is 47.8 Å². The van der Waals surface area contributed by atoms with Gasteiger partial charge in [0, 0.05) is 11.6 Å². The second kappa shape index (κ2) is 6.92. The predicted molar refractivity (Wildman–Crippen MR) is 94.0 cm³/mol. The summed E-state index contributed by atoms with van der Waals surface area (Å²) in [7, 11) is 0. The average molecular weight is 374 g/mol. The fourth-order valence-corrected chi connectivity index (χ4v) is 3.30. The number of carbonyl (C=O) groups excluding carboxylic acids is 1. The number of nitrogens with zero attached hydrogens (tertiary/aromatic N) is 4. The number of pyridine rings is 1. The van der Waals surface area contributed by atoms with Gasteiger partial charge in [-0.2, -0.15) is 5.01 Å². The number of ether oxygens (including phenoxy) is 1. The van der Waals surface area contributed by atoms with Gasteiger partial charge in [0.15, 0.2) is 4.87 Å². The van der Waals surface area contributed by atoms with Gasteiger partial charge in [-0.3, -0.25) is 4.79 Å². The molecule has 2 fully saturated rings. The first-order chi connectivity index (χ1) is 12.6. The van der Waals surface area contributed by atoms with Crippen molar-refractivity contribution in [2.45, 2.75) is 25.5 Å². The number of hydrazine groups is 2. The van der Waals surface area contributed by atoms with Crippen LogP contribution in [0.4, 0.5) is 0 Å². The monoisotopic (exact) mass is 373 g/mol. The van der Waals surface area contributed by atoms with Crippen molar-refractivity contribution in [3.8, 4) is 5.75 Å². The van der Waals surface area contributed by atoms with Crippen LogP contribution >= 0.6 is 11.6 Å². The molecule has 3 heterocycles. The summed E-state index contributed by atoms with van der Waals surface area (Å²) in [6.07, 6.45) is 3.35. The van der Waals surface area contributed by atoms with Gasteiger partial charge in [0.2, 0.25) is 0 Å². The second-order valence-electron chi connectivity index (χ2n) is 6.30. The maximum absolute atomic E-state index is 12.5. The Morgan fingerprint density at radius 2 is 1.92 bits per heavy atom. The zero-order valence-corrected chi connectivity index (χ0v) is 14.8. The van der Waals surface area contributed by atoms with Crippen LogP contribution in [0.25, 0.3) is 0 Å². The van der Waals surface area contributed by atoms with Crippen molar-refractivity contribution in [3.63, 3.8) is 0 Å². The Morgan fingerprint density at radius 1 is 1.15 bits per heavy atom. The number of carbonyl (C=O) groups is 1. The molecule has 0 radical (unpaired) electrons. The lowest BCUT2D eigenvalue weighted by molar-refractivity contribution is -0.741. The fraction of sp³-hybridized carbons (Fsp3) is 0.333. The minimum atomic E-state index is -0.918. The Hall–Kier alpha value is -2.67. The first-order valence-corrected chi connectivity index (χ1v) is 8.89. The Bertz CT molecular complexity index is 801. The van der Waals surface area contributed by atoms with E-state index < -0.39 is 6.04 Å². The third-order valence-electron chi connectivity index (χ3n) is 4.55. The number of halogens is 1. The van der Waals surface area contributed by atoms with Crippen molar-refractivity contribution in [2.24, 2.45) is 0 Å². The lowest BCUT2D eigenvalue weighted by Gasteiger charge is -2.24. The van der Waals surface area contributed by atoms with Crippen LogP contribution in [0.1, 0.15) is 30.1 Å². The molecule has 0 aliphatic carbocycles. The molecule has 1 amide bonds. The van der Waals surface area contributed by atoms with Crippen molar-refractivity contribution in [3.05, 3.63) is 63.8 Å². The molecule has 2 aliphatic rings. The molecular weight excluding hydrogens is 356 g/mol. The molecule has 1 atom stereocenters.